The molecule has 30 heavy (non-hydrogen) atoms. The number of aliphatic hydroxyl groups is 1. The van der Waals surface area contributed by atoms with Gasteiger partial charge in [0.2, 0.25) is 0 Å². The number of nitrogens with one attached hydrogen (secondary N) is 1. The molecule has 0 aliphatic rings. The number of thioether (sulfide) groups is 1. The normalized spacial score (nSPS) is 13.1. The Hall–Kier alpha value is -2.35. The number of aliphatic hydroxyl groups excluding tert-OH is 1. The largest absolute Gasteiger partial charge is 0.416 e. The van der Waals surface area contributed by atoms with Gasteiger partial charge in [-0.05, 0) is 55.3 Å². The molecule has 0 spiro atoms. The van der Waals surface area contributed by atoms with Crippen LogP contribution >= 0.6 is 18.9 Å². The van der Waals surface area contributed by atoms with Crippen molar-refractivity contribution in [2.75, 3.05) is 18.6 Å². The highest BCUT2D eigenvalue weighted by atomic mass is 32.2. The van der Waals surface area contributed by atoms with E-state index in [1.807, 2.05) is 0 Å². The van der Waals surface area contributed by atoms with Crippen molar-refractivity contribution in [3.8, 4) is 0 Å². The summed E-state index contributed by atoms with van der Waals surface area (Å²) in [4.78, 5) is 8.17. The van der Waals surface area contributed by atoms with Gasteiger partial charge in [0.15, 0.2) is 0 Å². The van der Waals surface area contributed by atoms with Gasteiger partial charge >= 0.3 is 6.18 Å². The van der Waals surface area contributed by atoms with Crippen LogP contribution in [0.5, 0.6) is 0 Å². The highest BCUT2D eigenvalue weighted by Crippen LogP contribution is 2.37. The number of hydrogen-bond acceptors (Lipinski definition) is 6. The van der Waals surface area contributed by atoms with E-state index in [0.717, 1.165) is 34.9 Å². The van der Waals surface area contributed by atoms with E-state index in [2.05, 4.69) is 15.3 Å². The average Bonchev–Trinajstić information content (AvgIpc) is 2.67. The third-order valence-electron chi connectivity index (χ3n) is 4.13. The quantitative estimate of drug-likeness (QED) is 0.229. The van der Waals surface area contributed by atoms with Gasteiger partial charge in [-0.1, -0.05) is 23.9 Å². The van der Waals surface area contributed by atoms with E-state index in [1.54, 1.807) is 43.7 Å². The van der Waals surface area contributed by atoms with E-state index in [4.69, 9.17) is 0 Å². The third-order valence-corrected chi connectivity index (χ3v) is 6.64. The first-order valence-electron chi connectivity index (χ1n) is 8.79. The standard InChI is InChI=1S/C20H19F3N3O2PS/c1-29(2,28)16-8-6-15(7-9-16)26-17-11-18(25-12-24-17)30-19(27)13-4-3-5-14(10-13)20(21,22)23/h3-12,19,27H,1-2H3,(H,24,25,26). The van der Waals surface area contributed by atoms with Crippen molar-refractivity contribution in [1.29, 1.82) is 0 Å². The van der Waals surface area contributed by atoms with Crippen LogP contribution in [0, 0.1) is 0 Å². The summed E-state index contributed by atoms with van der Waals surface area (Å²) < 4.78 is 50.7. The summed E-state index contributed by atoms with van der Waals surface area (Å²) in [5, 5.41) is 14.6. The molecule has 0 aliphatic carbocycles. The van der Waals surface area contributed by atoms with Crippen molar-refractivity contribution in [2.24, 2.45) is 0 Å². The van der Waals surface area contributed by atoms with Gasteiger partial charge in [0.1, 0.15) is 29.7 Å². The lowest BCUT2D eigenvalue weighted by Gasteiger charge is -2.13. The summed E-state index contributed by atoms with van der Waals surface area (Å²) in [6.45, 7) is 3.39. The Morgan fingerprint density at radius 1 is 1.07 bits per heavy atom. The van der Waals surface area contributed by atoms with Crippen LogP contribution < -0.4 is 10.6 Å². The fraction of sp³-hybridized carbons (Fsp3) is 0.200. The van der Waals surface area contributed by atoms with Crippen LogP contribution in [-0.4, -0.2) is 28.4 Å². The Morgan fingerprint density at radius 2 is 1.77 bits per heavy atom. The number of halogens is 3. The minimum Gasteiger partial charge on any atom is -0.378 e. The maximum Gasteiger partial charge on any atom is 0.416 e. The Kier molecular flexibility index (Phi) is 6.55. The maximum atomic E-state index is 12.9. The number of anilines is 2. The molecule has 0 fully saturated rings. The van der Waals surface area contributed by atoms with Crippen LogP contribution in [0.15, 0.2) is 66.0 Å². The second-order valence-electron chi connectivity index (χ2n) is 6.86. The number of nitrogens with zero attached hydrogens (tertiary/aromatic N) is 2. The molecule has 1 unspecified atom stereocenters. The van der Waals surface area contributed by atoms with E-state index in [1.165, 1.54) is 18.5 Å². The Morgan fingerprint density at radius 3 is 2.40 bits per heavy atom. The minimum atomic E-state index is -4.48. The molecule has 1 atom stereocenters. The zero-order valence-corrected chi connectivity index (χ0v) is 17.8. The maximum absolute atomic E-state index is 12.9. The first-order chi connectivity index (χ1) is 14.0. The minimum absolute atomic E-state index is 0.127. The molecule has 3 rings (SSSR count). The number of benzene rings is 2. The molecule has 5 nitrogen and oxygen atoms in total. The van der Waals surface area contributed by atoms with Crippen molar-refractivity contribution in [2.45, 2.75) is 16.6 Å². The molecule has 2 N–H and O–H groups in total. The molecular weight excluding hydrogens is 434 g/mol. The van der Waals surface area contributed by atoms with Crippen LogP contribution in [0.4, 0.5) is 24.7 Å². The molecule has 0 bridgehead atoms. The molecule has 0 aliphatic heterocycles. The fourth-order valence-electron chi connectivity index (χ4n) is 2.57. The van der Waals surface area contributed by atoms with Crippen molar-refractivity contribution < 1.29 is 22.8 Å². The SMILES string of the molecule is CP(C)(=O)c1ccc(Nc2cc(SC(O)c3cccc(C(F)(F)F)c3)ncn2)cc1. The van der Waals surface area contributed by atoms with E-state index in [0.29, 0.717) is 10.8 Å². The number of hydrogen-bond donors (Lipinski definition) is 2. The summed E-state index contributed by atoms with van der Waals surface area (Å²) >= 11 is 0.907. The van der Waals surface area contributed by atoms with E-state index < -0.39 is 24.3 Å². The molecule has 1 heterocycles. The van der Waals surface area contributed by atoms with Crippen LogP contribution in [0.1, 0.15) is 16.6 Å². The Labute approximate surface area is 176 Å². The van der Waals surface area contributed by atoms with Gasteiger partial charge in [-0.25, -0.2) is 9.97 Å². The van der Waals surface area contributed by atoms with E-state index in [9.17, 15) is 22.8 Å². The Balaban J connectivity index is 1.72. The second-order valence-corrected chi connectivity index (χ2v) is 11.2. The topological polar surface area (TPSA) is 75.1 Å². The predicted octanol–water partition coefficient (Wildman–Crippen LogP) is 5.27. The third kappa shape index (κ3) is 5.84. The van der Waals surface area contributed by atoms with Crippen molar-refractivity contribution >= 4 is 35.7 Å². The monoisotopic (exact) mass is 453 g/mol. The molecule has 0 saturated heterocycles. The van der Waals surface area contributed by atoms with E-state index in [-0.39, 0.29) is 5.56 Å². The van der Waals surface area contributed by atoms with Crippen LogP contribution in [-0.2, 0) is 10.7 Å². The average molecular weight is 453 g/mol. The first-order valence-corrected chi connectivity index (χ1v) is 12.3. The number of aromatic nitrogens is 2. The lowest BCUT2D eigenvalue weighted by atomic mass is 10.1. The summed E-state index contributed by atoms with van der Waals surface area (Å²) in [5.41, 5.74) is -1.20. The van der Waals surface area contributed by atoms with Crippen LogP contribution in [0.25, 0.3) is 0 Å². The number of rotatable bonds is 6. The van der Waals surface area contributed by atoms with Gasteiger partial charge in [-0.2, -0.15) is 13.2 Å². The zero-order valence-electron chi connectivity index (χ0n) is 16.1. The van der Waals surface area contributed by atoms with Gasteiger partial charge in [0.25, 0.3) is 0 Å². The van der Waals surface area contributed by atoms with Crippen LogP contribution in [0.3, 0.4) is 0 Å². The molecule has 3 aromatic rings. The fourth-order valence-corrected chi connectivity index (χ4v) is 4.24. The number of alkyl halides is 3. The van der Waals surface area contributed by atoms with Gasteiger partial charge in [-0.15, -0.1) is 0 Å². The lowest BCUT2D eigenvalue weighted by molar-refractivity contribution is -0.137. The summed E-state index contributed by atoms with van der Waals surface area (Å²) in [6, 6.07) is 13.2. The Bertz CT molecular complexity index is 1070. The molecular formula is C20H19F3N3O2PS. The van der Waals surface area contributed by atoms with Crippen molar-refractivity contribution in [3.05, 3.63) is 72.1 Å². The van der Waals surface area contributed by atoms with E-state index >= 15 is 0 Å². The smallest absolute Gasteiger partial charge is 0.378 e. The predicted molar refractivity (Wildman–Crippen MR) is 113 cm³/mol. The van der Waals surface area contributed by atoms with Crippen molar-refractivity contribution in [1.82, 2.24) is 9.97 Å². The molecule has 0 amide bonds. The summed E-state index contributed by atoms with van der Waals surface area (Å²) in [7, 11) is -2.34. The molecule has 10 heteroatoms. The molecule has 2 aromatic carbocycles. The summed E-state index contributed by atoms with van der Waals surface area (Å²) in [6.07, 6.45) is -3.19. The summed E-state index contributed by atoms with van der Waals surface area (Å²) in [5.74, 6) is 0.452. The zero-order chi connectivity index (χ0) is 21.9. The highest BCUT2D eigenvalue weighted by molar-refractivity contribution is 7.99. The molecule has 158 valence electrons. The highest BCUT2D eigenvalue weighted by Gasteiger charge is 2.31. The van der Waals surface area contributed by atoms with Crippen LogP contribution in [0.2, 0.25) is 0 Å². The lowest BCUT2D eigenvalue weighted by Crippen LogP contribution is -2.06. The van der Waals surface area contributed by atoms with Crippen molar-refractivity contribution in [3.63, 3.8) is 0 Å². The molecule has 1 aromatic heterocycles. The molecule has 0 radical (unpaired) electrons. The first kappa shape index (κ1) is 22.3. The molecule has 0 saturated carbocycles. The second kappa shape index (κ2) is 8.79. The van der Waals surface area contributed by atoms with Gasteiger partial charge in [0, 0.05) is 17.1 Å². The van der Waals surface area contributed by atoms with Gasteiger partial charge in [-0.3, -0.25) is 0 Å². The van der Waals surface area contributed by atoms with Gasteiger partial charge < -0.3 is 15.0 Å². The van der Waals surface area contributed by atoms with Gasteiger partial charge in [0.05, 0.1) is 5.56 Å².